The Balaban J connectivity index is 1.93. The summed E-state index contributed by atoms with van der Waals surface area (Å²) in [4.78, 5) is 1.98. The fraction of sp³-hybridized carbons (Fsp3) is 0.737. The van der Waals surface area contributed by atoms with Crippen molar-refractivity contribution in [1.82, 2.24) is 4.90 Å². The third kappa shape index (κ3) is 4.88. The third-order valence-electron chi connectivity index (χ3n) is 5.18. The highest BCUT2D eigenvalue weighted by Gasteiger charge is 2.38. The number of likely N-dealkylation sites (N-methyl/N-ethyl adjacent to an activating group) is 1. The monoisotopic (exact) mass is 327 g/mol. The summed E-state index contributed by atoms with van der Waals surface area (Å²) in [5, 5.41) is 9.54. The Morgan fingerprint density at radius 3 is 2.67 bits per heavy atom. The maximum atomic E-state index is 9.54. The SMILES string of the molecule is [B]C(C)(OC1C(C#N)=CC(CCCCCCN)=CN1C)C1CCC1. The number of hydrogen-bond donors (Lipinski definition) is 1. The average molecular weight is 327 g/mol. The standard InChI is InChI=1S/C19H30BN3O/c1-19(20,17-9-7-10-17)24-18-16(13-22)12-15(14-23(18)2)8-5-3-4-6-11-21/h12,14,17-18H,3-11,21H2,1-2H3. The molecule has 1 saturated carbocycles. The van der Waals surface area contributed by atoms with E-state index >= 15 is 0 Å². The number of hydrogen-bond acceptors (Lipinski definition) is 4. The van der Waals surface area contributed by atoms with Crippen molar-refractivity contribution in [3.05, 3.63) is 23.4 Å². The van der Waals surface area contributed by atoms with Gasteiger partial charge in [0, 0.05) is 18.7 Å². The second-order valence-electron chi connectivity index (χ2n) is 7.32. The van der Waals surface area contributed by atoms with E-state index < -0.39 is 5.50 Å². The first-order chi connectivity index (χ1) is 11.5. The Morgan fingerprint density at radius 2 is 2.08 bits per heavy atom. The molecule has 0 amide bonds. The van der Waals surface area contributed by atoms with E-state index in [1.807, 2.05) is 24.9 Å². The zero-order chi connectivity index (χ0) is 17.6. The van der Waals surface area contributed by atoms with Gasteiger partial charge in [0.15, 0.2) is 6.23 Å². The first-order valence-electron chi connectivity index (χ1n) is 9.19. The van der Waals surface area contributed by atoms with Crippen LogP contribution in [0.5, 0.6) is 0 Å². The zero-order valence-corrected chi connectivity index (χ0v) is 15.1. The summed E-state index contributed by atoms with van der Waals surface area (Å²) in [5.74, 6) is 0.388. The maximum Gasteiger partial charge on any atom is 0.165 e. The summed E-state index contributed by atoms with van der Waals surface area (Å²) in [5.41, 5.74) is 6.67. The quantitative estimate of drug-likeness (QED) is 0.522. The van der Waals surface area contributed by atoms with Crippen molar-refractivity contribution in [2.45, 2.75) is 70.0 Å². The van der Waals surface area contributed by atoms with Crippen LogP contribution >= 0.6 is 0 Å². The minimum atomic E-state index is -0.680. The van der Waals surface area contributed by atoms with E-state index in [1.54, 1.807) is 0 Å². The molecule has 0 aromatic heterocycles. The number of rotatable bonds is 9. The molecule has 0 bridgehead atoms. The Morgan fingerprint density at radius 1 is 1.38 bits per heavy atom. The second kappa shape index (κ2) is 8.73. The van der Waals surface area contributed by atoms with Gasteiger partial charge < -0.3 is 15.4 Å². The van der Waals surface area contributed by atoms with Crippen molar-refractivity contribution < 1.29 is 4.74 Å². The topological polar surface area (TPSA) is 62.3 Å². The molecule has 5 heteroatoms. The van der Waals surface area contributed by atoms with E-state index in [4.69, 9.17) is 18.3 Å². The third-order valence-corrected chi connectivity index (χ3v) is 5.18. The van der Waals surface area contributed by atoms with Crippen molar-refractivity contribution >= 4 is 7.85 Å². The van der Waals surface area contributed by atoms with Crippen LogP contribution in [0.25, 0.3) is 0 Å². The van der Waals surface area contributed by atoms with Crippen molar-refractivity contribution in [2.24, 2.45) is 11.7 Å². The molecule has 2 N–H and O–H groups in total. The summed E-state index contributed by atoms with van der Waals surface area (Å²) in [6.07, 6.45) is 12.7. The van der Waals surface area contributed by atoms with Gasteiger partial charge in [-0.2, -0.15) is 5.26 Å². The van der Waals surface area contributed by atoms with Gasteiger partial charge in [-0.3, -0.25) is 0 Å². The fourth-order valence-corrected chi connectivity index (χ4v) is 3.37. The van der Waals surface area contributed by atoms with E-state index in [-0.39, 0.29) is 6.23 Å². The summed E-state index contributed by atoms with van der Waals surface area (Å²) < 4.78 is 6.16. The van der Waals surface area contributed by atoms with E-state index in [0.717, 1.165) is 38.6 Å². The number of nitriles is 1. The lowest BCUT2D eigenvalue weighted by atomic mass is 9.64. The highest BCUT2D eigenvalue weighted by Crippen LogP contribution is 2.38. The van der Waals surface area contributed by atoms with Crippen LogP contribution in [0.2, 0.25) is 0 Å². The molecular formula is C19H30BN3O. The van der Waals surface area contributed by atoms with Crippen LogP contribution in [-0.4, -0.2) is 38.1 Å². The van der Waals surface area contributed by atoms with E-state index in [2.05, 4.69) is 12.3 Å². The largest absolute Gasteiger partial charge is 0.357 e. The van der Waals surface area contributed by atoms with Gasteiger partial charge in [-0.1, -0.05) is 19.3 Å². The van der Waals surface area contributed by atoms with Crippen LogP contribution in [0, 0.1) is 17.2 Å². The van der Waals surface area contributed by atoms with Gasteiger partial charge in [-0.05, 0) is 63.1 Å². The highest BCUT2D eigenvalue weighted by molar-refractivity contribution is 6.14. The van der Waals surface area contributed by atoms with Gasteiger partial charge in [0.2, 0.25) is 0 Å². The molecule has 2 unspecified atom stereocenters. The molecule has 2 aliphatic rings. The van der Waals surface area contributed by atoms with Gasteiger partial charge in [-0.15, -0.1) is 0 Å². The molecule has 0 aromatic carbocycles. The fourth-order valence-electron chi connectivity index (χ4n) is 3.37. The van der Waals surface area contributed by atoms with Crippen LogP contribution in [0.15, 0.2) is 23.4 Å². The lowest BCUT2D eigenvalue weighted by molar-refractivity contribution is -0.108. The van der Waals surface area contributed by atoms with Gasteiger partial charge in [-0.25, -0.2) is 0 Å². The van der Waals surface area contributed by atoms with Crippen LogP contribution in [0.4, 0.5) is 0 Å². The molecule has 1 heterocycles. The molecular weight excluding hydrogens is 297 g/mol. The number of nitrogens with two attached hydrogens (primary N) is 1. The van der Waals surface area contributed by atoms with Crippen molar-refractivity contribution in [1.29, 1.82) is 5.26 Å². The molecule has 0 spiro atoms. The first kappa shape index (κ1) is 19.1. The minimum absolute atomic E-state index is 0.383. The predicted molar refractivity (Wildman–Crippen MR) is 98.1 cm³/mol. The van der Waals surface area contributed by atoms with Crippen LogP contribution in [0.1, 0.15) is 58.3 Å². The second-order valence-corrected chi connectivity index (χ2v) is 7.32. The average Bonchev–Trinajstić information content (AvgIpc) is 2.47. The molecule has 0 aromatic rings. The van der Waals surface area contributed by atoms with Crippen molar-refractivity contribution in [3.8, 4) is 6.07 Å². The molecule has 130 valence electrons. The van der Waals surface area contributed by atoms with E-state index in [0.29, 0.717) is 11.5 Å². The molecule has 2 radical (unpaired) electrons. The van der Waals surface area contributed by atoms with Gasteiger partial charge in [0.25, 0.3) is 0 Å². The number of unbranched alkanes of at least 4 members (excludes halogenated alkanes) is 3. The van der Waals surface area contributed by atoms with Crippen LogP contribution in [0.3, 0.4) is 0 Å². The number of ether oxygens (including phenoxy) is 1. The predicted octanol–water partition coefficient (Wildman–Crippen LogP) is 3.20. The van der Waals surface area contributed by atoms with Crippen molar-refractivity contribution in [3.63, 3.8) is 0 Å². The Bertz CT molecular complexity index is 517. The molecule has 1 aliphatic carbocycles. The summed E-state index contributed by atoms with van der Waals surface area (Å²) in [7, 11) is 8.34. The molecule has 1 fully saturated rings. The smallest absolute Gasteiger partial charge is 0.165 e. The zero-order valence-electron chi connectivity index (χ0n) is 15.1. The Hall–Kier alpha value is -1.25. The maximum absolute atomic E-state index is 9.54. The van der Waals surface area contributed by atoms with Gasteiger partial charge >= 0.3 is 0 Å². The lowest BCUT2D eigenvalue weighted by Gasteiger charge is -2.45. The van der Waals surface area contributed by atoms with Gasteiger partial charge in [0.1, 0.15) is 7.85 Å². The highest BCUT2D eigenvalue weighted by atomic mass is 16.5. The molecule has 2 rings (SSSR count). The summed E-state index contributed by atoms with van der Waals surface area (Å²) in [6, 6.07) is 2.30. The molecule has 0 saturated heterocycles. The van der Waals surface area contributed by atoms with Gasteiger partial charge in [0.05, 0.1) is 11.6 Å². The van der Waals surface area contributed by atoms with Crippen molar-refractivity contribution in [2.75, 3.05) is 13.6 Å². The van der Waals surface area contributed by atoms with E-state index in [1.165, 1.54) is 24.8 Å². The molecule has 1 aliphatic heterocycles. The molecule has 2 atom stereocenters. The minimum Gasteiger partial charge on any atom is -0.357 e. The summed E-state index contributed by atoms with van der Waals surface area (Å²) >= 11 is 0. The molecule has 24 heavy (non-hydrogen) atoms. The van der Waals surface area contributed by atoms with Crippen LogP contribution in [-0.2, 0) is 4.74 Å². The lowest BCUT2D eigenvalue weighted by Crippen LogP contribution is -2.48. The number of nitrogens with zero attached hydrogens (tertiary/aromatic N) is 2. The van der Waals surface area contributed by atoms with E-state index in [9.17, 15) is 5.26 Å². The Kier molecular flexibility index (Phi) is 6.95. The normalized spacial score (nSPS) is 23.8. The molecule has 4 nitrogen and oxygen atoms in total. The number of allylic oxidation sites excluding steroid dienone is 2. The van der Waals surface area contributed by atoms with Crippen LogP contribution < -0.4 is 5.73 Å². The first-order valence-corrected chi connectivity index (χ1v) is 9.19. The Labute approximate surface area is 148 Å². The summed E-state index contributed by atoms with van der Waals surface area (Å²) in [6.45, 7) is 2.71.